The minimum absolute atomic E-state index is 0.116. The molecule has 0 aliphatic heterocycles. The van der Waals surface area contributed by atoms with Crippen LogP contribution in [0.4, 0.5) is 5.69 Å². The summed E-state index contributed by atoms with van der Waals surface area (Å²) in [4.78, 5) is 11.9. The van der Waals surface area contributed by atoms with E-state index in [1.54, 1.807) is 30.0 Å². The number of halogens is 1. The third kappa shape index (κ3) is 4.13. The summed E-state index contributed by atoms with van der Waals surface area (Å²) >= 11 is 7.77. The molecule has 0 saturated heterocycles. The zero-order valence-electron chi connectivity index (χ0n) is 10.00. The lowest BCUT2D eigenvalue weighted by molar-refractivity contribution is 0.0944. The average molecular weight is 273 g/mol. The summed E-state index contributed by atoms with van der Waals surface area (Å²) in [6.07, 6.45) is 0. The molecular formula is C12H17ClN2OS. The Labute approximate surface area is 111 Å². The molecule has 0 aromatic heterocycles. The first kappa shape index (κ1) is 14.2. The van der Waals surface area contributed by atoms with E-state index in [0.717, 1.165) is 11.5 Å². The van der Waals surface area contributed by atoms with Crippen molar-refractivity contribution in [3.8, 4) is 0 Å². The predicted octanol–water partition coefficient (Wildman–Crippen LogP) is 2.79. The van der Waals surface area contributed by atoms with Gasteiger partial charge in [0, 0.05) is 11.8 Å². The Bertz CT molecular complexity index is 398. The largest absolute Gasteiger partial charge is 0.398 e. The molecule has 1 amide bonds. The summed E-state index contributed by atoms with van der Waals surface area (Å²) in [5, 5.41) is 3.22. The number of hydrogen-bond donors (Lipinski definition) is 2. The molecule has 0 heterocycles. The van der Waals surface area contributed by atoms with Crippen LogP contribution in [0.5, 0.6) is 0 Å². The summed E-state index contributed by atoms with van der Waals surface area (Å²) in [7, 11) is 0. The van der Waals surface area contributed by atoms with Gasteiger partial charge in [0.05, 0.1) is 16.3 Å². The maximum absolute atomic E-state index is 11.9. The second kappa shape index (κ2) is 6.77. The summed E-state index contributed by atoms with van der Waals surface area (Å²) in [6, 6.07) is 5.19. The number of carbonyl (C=O) groups is 1. The van der Waals surface area contributed by atoms with Crippen LogP contribution in [0.2, 0.25) is 5.02 Å². The van der Waals surface area contributed by atoms with Crippen molar-refractivity contribution in [3.05, 3.63) is 28.8 Å². The molecule has 1 unspecified atom stereocenters. The van der Waals surface area contributed by atoms with Crippen molar-refractivity contribution in [2.45, 2.75) is 19.9 Å². The molecule has 0 spiro atoms. The first-order chi connectivity index (χ1) is 8.06. The number of anilines is 1. The Hall–Kier alpha value is -0.870. The highest BCUT2D eigenvalue weighted by Crippen LogP contribution is 2.22. The fourth-order valence-corrected chi connectivity index (χ4v) is 2.25. The lowest BCUT2D eigenvalue weighted by Gasteiger charge is -2.14. The van der Waals surface area contributed by atoms with Gasteiger partial charge < -0.3 is 11.1 Å². The van der Waals surface area contributed by atoms with Crippen molar-refractivity contribution in [1.82, 2.24) is 5.32 Å². The lowest BCUT2D eigenvalue weighted by atomic mass is 10.2. The highest BCUT2D eigenvalue weighted by Gasteiger charge is 2.14. The number of rotatable bonds is 5. The number of hydrogen-bond acceptors (Lipinski definition) is 3. The minimum atomic E-state index is -0.175. The van der Waals surface area contributed by atoms with E-state index in [4.69, 9.17) is 17.3 Å². The Kier molecular flexibility index (Phi) is 5.65. The van der Waals surface area contributed by atoms with Gasteiger partial charge >= 0.3 is 0 Å². The van der Waals surface area contributed by atoms with Gasteiger partial charge in [0.15, 0.2) is 0 Å². The number of nitrogens with one attached hydrogen (secondary N) is 1. The molecule has 94 valence electrons. The molecule has 5 heteroatoms. The Morgan fingerprint density at radius 1 is 1.59 bits per heavy atom. The fraction of sp³-hybridized carbons (Fsp3) is 0.417. The third-order valence-electron chi connectivity index (χ3n) is 2.22. The van der Waals surface area contributed by atoms with Gasteiger partial charge in [0.2, 0.25) is 0 Å². The molecule has 1 rings (SSSR count). The predicted molar refractivity (Wildman–Crippen MR) is 75.8 cm³/mol. The van der Waals surface area contributed by atoms with Crippen LogP contribution in [0.3, 0.4) is 0 Å². The van der Waals surface area contributed by atoms with Crippen LogP contribution in [-0.4, -0.2) is 23.5 Å². The summed E-state index contributed by atoms with van der Waals surface area (Å²) in [5.41, 5.74) is 6.51. The lowest BCUT2D eigenvalue weighted by Crippen LogP contribution is -2.34. The van der Waals surface area contributed by atoms with Crippen LogP contribution in [0, 0.1) is 0 Å². The highest BCUT2D eigenvalue weighted by atomic mass is 35.5. The first-order valence-electron chi connectivity index (χ1n) is 5.48. The molecule has 1 atom stereocenters. The van der Waals surface area contributed by atoms with Crippen LogP contribution in [0.15, 0.2) is 18.2 Å². The van der Waals surface area contributed by atoms with Crippen LogP contribution < -0.4 is 11.1 Å². The van der Waals surface area contributed by atoms with E-state index in [9.17, 15) is 4.79 Å². The van der Waals surface area contributed by atoms with Crippen LogP contribution >= 0.6 is 23.4 Å². The maximum Gasteiger partial charge on any atom is 0.253 e. The molecule has 17 heavy (non-hydrogen) atoms. The second-order valence-corrected chi connectivity index (χ2v) is 5.44. The Balaban J connectivity index is 2.67. The summed E-state index contributed by atoms with van der Waals surface area (Å²) < 4.78 is 0. The summed E-state index contributed by atoms with van der Waals surface area (Å²) in [5.74, 6) is 1.76. The molecule has 0 fully saturated rings. The first-order valence-corrected chi connectivity index (χ1v) is 7.02. The molecule has 3 nitrogen and oxygen atoms in total. The standard InChI is InChI=1S/C12H17ClN2OS/c1-3-17-7-8(2)15-12(16)9-5-4-6-10(14)11(9)13/h4-6,8H,3,7,14H2,1-2H3,(H,15,16). The fourth-order valence-electron chi connectivity index (χ4n) is 1.36. The number of thioether (sulfide) groups is 1. The SMILES string of the molecule is CCSCC(C)NC(=O)c1cccc(N)c1Cl. The molecule has 0 radical (unpaired) electrons. The molecule has 3 N–H and O–H groups in total. The summed E-state index contributed by atoms with van der Waals surface area (Å²) in [6.45, 7) is 4.06. The van der Waals surface area contributed by atoms with Gasteiger partial charge in [-0.1, -0.05) is 24.6 Å². The number of nitrogens with two attached hydrogens (primary N) is 1. The minimum Gasteiger partial charge on any atom is -0.398 e. The second-order valence-electron chi connectivity index (χ2n) is 3.74. The number of amides is 1. The molecule has 0 saturated carbocycles. The van der Waals surface area contributed by atoms with Crippen LogP contribution in [-0.2, 0) is 0 Å². The Morgan fingerprint density at radius 3 is 2.94 bits per heavy atom. The molecule has 1 aromatic rings. The third-order valence-corrected chi connectivity index (χ3v) is 3.79. The van der Waals surface area contributed by atoms with Crippen molar-refractivity contribution in [3.63, 3.8) is 0 Å². The zero-order valence-corrected chi connectivity index (χ0v) is 11.6. The van der Waals surface area contributed by atoms with Crippen molar-refractivity contribution in [1.29, 1.82) is 0 Å². The van der Waals surface area contributed by atoms with E-state index < -0.39 is 0 Å². The number of benzene rings is 1. The smallest absolute Gasteiger partial charge is 0.253 e. The van der Waals surface area contributed by atoms with Gasteiger partial charge in [0.25, 0.3) is 5.91 Å². The normalized spacial score (nSPS) is 12.2. The highest BCUT2D eigenvalue weighted by molar-refractivity contribution is 7.99. The molecule has 0 bridgehead atoms. The van der Waals surface area contributed by atoms with Gasteiger partial charge in [-0.2, -0.15) is 11.8 Å². The van der Waals surface area contributed by atoms with E-state index in [1.165, 1.54) is 0 Å². The monoisotopic (exact) mass is 272 g/mol. The van der Waals surface area contributed by atoms with Gasteiger partial charge in [-0.3, -0.25) is 4.79 Å². The van der Waals surface area contributed by atoms with Gasteiger partial charge in [-0.05, 0) is 24.8 Å². The van der Waals surface area contributed by atoms with Crippen LogP contribution in [0.25, 0.3) is 0 Å². The molecule has 0 aliphatic rings. The van der Waals surface area contributed by atoms with E-state index in [1.807, 2.05) is 6.92 Å². The van der Waals surface area contributed by atoms with Gasteiger partial charge in [-0.25, -0.2) is 0 Å². The van der Waals surface area contributed by atoms with E-state index >= 15 is 0 Å². The maximum atomic E-state index is 11.9. The van der Waals surface area contributed by atoms with Gasteiger partial charge in [-0.15, -0.1) is 0 Å². The topological polar surface area (TPSA) is 55.1 Å². The molecule has 1 aromatic carbocycles. The molecular weight excluding hydrogens is 256 g/mol. The van der Waals surface area contributed by atoms with E-state index in [0.29, 0.717) is 16.3 Å². The molecule has 0 aliphatic carbocycles. The van der Waals surface area contributed by atoms with Gasteiger partial charge in [0.1, 0.15) is 0 Å². The van der Waals surface area contributed by atoms with E-state index in [-0.39, 0.29) is 11.9 Å². The van der Waals surface area contributed by atoms with Crippen LogP contribution in [0.1, 0.15) is 24.2 Å². The van der Waals surface area contributed by atoms with Crippen molar-refractivity contribution < 1.29 is 4.79 Å². The average Bonchev–Trinajstić information content (AvgIpc) is 2.29. The van der Waals surface area contributed by atoms with E-state index in [2.05, 4.69) is 12.2 Å². The number of carbonyl (C=O) groups excluding carboxylic acids is 1. The van der Waals surface area contributed by atoms with Crippen molar-refractivity contribution in [2.75, 3.05) is 17.2 Å². The van der Waals surface area contributed by atoms with Crippen molar-refractivity contribution in [2.24, 2.45) is 0 Å². The van der Waals surface area contributed by atoms with Crippen molar-refractivity contribution >= 4 is 35.0 Å². The number of nitrogen functional groups attached to an aromatic ring is 1. The Morgan fingerprint density at radius 2 is 2.29 bits per heavy atom. The quantitative estimate of drug-likeness (QED) is 0.811. The zero-order chi connectivity index (χ0) is 12.8.